The van der Waals surface area contributed by atoms with Gasteiger partial charge in [0.2, 0.25) is 0 Å². The van der Waals surface area contributed by atoms with E-state index >= 15 is 0 Å². The molecule has 7 nitrogen and oxygen atoms in total. The van der Waals surface area contributed by atoms with Crippen LogP contribution in [-0.2, 0) is 0 Å². The van der Waals surface area contributed by atoms with E-state index in [1.165, 1.54) is 36.9 Å². The number of aromatic nitrogens is 4. The van der Waals surface area contributed by atoms with Gasteiger partial charge in [-0.3, -0.25) is 4.90 Å². The van der Waals surface area contributed by atoms with Gasteiger partial charge in [-0.25, -0.2) is 4.68 Å². The van der Waals surface area contributed by atoms with E-state index in [1.807, 2.05) is 0 Å². The number of hydrogen-bond donors (Lipinski definition) is 0. The van der Waals surface area contributed by atoms with Gasteiger partial charge in [0.25, 0.3) is 0 Å². The number of benzene rings is 1. The second kappa shape index (κ2) is 8.57. The van der Waals surface area contributed by atoms with E-state index in [-0.39, 0.29) is 6.04 Å². The summed E-state index contributed by atoms with van der Waals surface area (Å²) < 4.78 is 2.13. The quantitative estimate of drug-likeness (QED) is 0.764. The highest BCUT2D eigenvalue weighted by Gasteiger charge is 2.32. The zero-order valence-electron chi connectivity index (χ0n) is 17.5. The fourth-order valence-corrected chi connectivity index (χ4v) is 4.61. The molecule has 1 aliphatic carbocycles. The van der Waals surface area contributed by atoms with E-state index in [1.54, 1.807) is 0 Å². The van der Waals surface area contributed by atoms with Crippen molar-refractivity contribution in [2.24, 2.45) is 0 Å². The van der Waals surface area contributed by atoms with Gasteiger partial charge < -0.3 is 9.80 Å². The van der Waals surface area contributed by atoms with Gasteiger partial charge >= 0.3 is 0 Å². The van der Waals surface area contributed by atoms with E-state index in [4.69, 9.17) is 0 Å². The molecule has 0 spiro atoms. The molecule has 0 unspecified atom stereocenters. The summed E-state index contributed by atoms with van der Waals surface area (Å²) in [5.74, 6) is 1.01. The third-order valence-corrected chi connectivity index (χ3v) is 6.38. The summed E-state index contributed by atoms with van der Waals surface area (Å²) in [6, 6.07) is 9.47. The normalized spacial score (nSPS) is 20.5. The van der Waals surface area contributed by atoms with Crippen LogP contribution >= 0.6 is 0 Å². The van der Waals surface area contributed by atoms with Gasteiger partial charge in [0, 0.05) is 46.0 Å². The van der Waals surface area contributed by atoms with Crippen LogP contribution < -0.4 is 4.90 Å². The molecule has 28 heavy (non-hydrogen) atoms. The van der Waals surface area contributed by atoms with Crippen LogP contribution in [0, 0.1) is 0 Å². The summed E-state index contributed by atoms with van der Waals surface area (Å²) in [5, 5.41) is 13.1. The number of nitrogens with zero attached hydrogens (tertiary/aromatic N) is 7. The Bertz CT molecular complexity index is 740. The average Bonchev–Trinajstić information content (AvgIpc) is 3.41. The molecule has 7 heteroatoms. The minimum absolute atomic E-state index is 0.116. The van der Waals surface area contributed by atoms with Crippen molar-refractivity contribution in [1.29, 1.82) is 0 Å². The summed E-state index contributed by atoms with van der Waals surface area (Å²) in [4.78, 5) is 7.22. The fraction of sp³-hybridized carbons (Fsp3) is 0.667. The van der Waals surface area contributed by atoms with Gasteiger partial charge in [-0.1, -0.05) is 31.9 Å². The third-order valence-electron chi connectivity index (χ3n) is 6.38. The Hall–Kier alpha value is -1.99. The molecule has 1 aliphatic heterocycles. The van der Waals surface area contributed by atoms with Gasteiger partial charge in [-0.2, -0.15) is 0 Å². The minimum Gasteiger partial charge on any atom is -0.378 e. The van der Waals surface area contributed by atoms with E-state index in [9.17, 15) is 0 Å². The maximum atomic E-state index is 4.55. The Kier molecular flexibility index (Phi) is 5.92. The molecule has 0 bridgehead atoms. The lowest BCUT2D eigenvalue weighted by atomic mass is 10.0. The molecular weight excluding hydrogens is 350 g/mol. The number of rotatable bonds is 6. The molecule has 2 fully saturated rings. The molecule has 152 valence electrons. The second-order valence-electron chi connectivity index (χ2n) is 8.28. The van der Waals surface area contributed by atoms with E-state index in [2.05, 4.69) is 80.2 Å². The lowest BCUT2D eigenvalue weighted by Crippen LogP contribution is -2.48. The highest BCUT2D eigenvalue weighted by atomic mass is 15.6. The van der Waals surface area contributed by atoms with Crippen molar-refractivity contribution >= 4 is 5.69 Å². The van der Waals surface area contributed by atoms with Crippen molar-refractivity contribution in [1.82, 2.24) is 30.0 Å². The number of likely N-dealkylation sites (N-methyl/N-ethyl adjacent to an activating group) is 1. The monoisotopic (exact) mass is 383 g/mol. The largest absolute Gasteiger partial charge is 0.378 e. The molecule has 0 N–H and O–H groups in total. The highest BCUT2D eigenvalue weighted by molar-refractivity contribution is 5.47. The lowest BCUT2D eigenvalue weighted by molar-refractivity contribution is 0.107. The van der Waals surface area contributed by atoms with E-state index in [0.717, 1.165) is 38.5 Å². The van der Waals surface area contributed by atoms with Crippen LogP contribution in [0.4, 0.5) is 5.69 Å². The molecular formula is C21H33N7. The first kappa shape index (κ1) is 19.3. The fourth-order valence-electron chi connectivity index (χ4n) is 4.61. The van der Waals surface area contributed by atoms with Gasteiger partial charge in [-0.15, -0.1) is 5.10 Å². The number of anilines is 1. The maximum Gasteiger partial charge on any atom is 0.173 e. The molecule has 0 radical (unpaired) electrons. The predicted molar refractivity (Wildman–Crippen MR) is 112 cm³/mol. The Morgan fingerprint density at radius 3 is 2.32 bits per heavy atom. The maximum absolute atomic E-state index is 4.55. The van der Waals surface area contributed by atoms with Crippen molar-refractivity contribution in [2.45, 2.75) is 44.7 Å². The second-order valence-corrected chi connectivity index (χ2v) is 8.28. The van der Waals surface area contributed by atoms with Crippen molar-refractivity contribution in [3.8, 4) is 0 Å². The molecule has 4 rings (SSSR count). The van der Waals surface area contributed by atoms with Gasteiger partial charge in [0.05, 0.1) is 12.1 Å². The van der Waals surface area contributed by atoms with Gasteiger partial charge in [0.1, 0.15) is 0 Å². The minimum atomic E-state index is 0.116. The van der Waals surface area contributed by atoms with E-state index < -0.39 is 0 Å². The number of tetrazole rings is 1. The highest BCUT2D eigenvalue weighted by Crippen LogP contribution is 2.34. The van der Waals surface area contributed by atoms with Gasteiger partial charge in [-0.05, 0) is 47.5 Å². The van der Waals surface area contributed by atoms with Crippen LogP contribution in [0.15, 0.2) is 24.3 Å². The smallest absolute Gasteiger partial charge is 0.173 e. The molecule has 1 aromatic carbocycles. The van der Waals surface area contributed by atoms with Crippen LogP contribution in [-0.4, -0.2) is 76.8 Å². The molecule has 0 amide bonds. The summed E-state index contributed by atoms with van der Waals surface area (Å²) in [5.41, 5.74) is 2.50. The molecule has 1 saturated carbocycles. The SMILES string of the molecule is CCN1CCN([C@@H](c2ccc(N(C)C)cc2)c2nnnn2C2CCCC2)CC1. The standard InChI is InChI=1S/C21H33N7/c1-4-26-13-15-27(16-14-26)20(17-9-11-18(12-10-17)25(2)3)21-22-23-24-28(21)19-7-5-6-8-19/h9-12,19-20H,4-8,13-16H2,1-3H3/t20-/m0/s1. The summed E-state index contributed by atoms with van der Waals surface area (Å²) in [6.07, 6.45) is 4.94. The number of hydrogen-bond acceptors (Lipinski definition) is 6. The third kappa shape index (κ3) is 3.91. The molecule has 2 aromatic rings. The Balaban J connectivity index is 1.67. The van der Waals surface area contributed by atoms with Crippen LogP contribution in [0.2, 0.25) is 0 Å². The van der Waals surface area contributed by atoms with Crippen molar-refractivity contribution in [2.75, 3.05) is 51.7 Å². The first-order valence-electron chi connectivity index (χ1n) is 10.7. The number of piperazine rings is 1. The van der Waals surface area contributed by atoms with Crippen molar-refractivity contribution in [3.05, 3.63) is 35.7 Å². The summed E-state index contributed by atoms with van der Waals surface area (Å²) >= 11 is 0. The van der Waals surface area contributed by atoms with Crippen molar-refractivity contribution < 1.29 is 0 Å². The molecule has 1 aromatic heterocycles. The summed E-state index contributed by atoms with van der Waals surface area (Å²) in [7, 11) is 4.16. The average molecular weight is 384 g/mol. The topological polar surface area (TPSA) is 53.3 Å². The van der Waals surface area contributed by atoms with Crippen LogP contribution in [0.1, 0.15) is 56.1 Å². The first-order valence-corrected chi connectivity index (χ1v) is 10.7. The van der Waals surface area contributed by atoms with Crippen LogP contribution in [0.3, 0.4) is 0 Å². The zero-order valence-corrected chi connectivity index (χ0v) is 17.5. The molecule has 1 atom stereocenters. The molecule has 2 heterocycles. The first-order chi connectivity index (χ1) is 13.7. The Labute approximate surface area is 168 Å². The zero-order chi connectivity index (χ0) is 19.5. The lowest BCUT2D eigenvalue weighted by Gasteiger charge is -2.38. The Morgan fingerprint density at radius 1 is 1.04 bits per heavy atom. The predicted octanol–water partition coefficient (Wildman–Crippen LogP) is 2.58. The summed E-state index contributed by atoms with van der Waals surface area (Å²) in [6.45, 7) is 7.67. The van der Waals surface area contributed by atoms with E-state index in [0.29, 0.717) is 6.04 Å². The van der Waals surface area contributed by atoms with Gasteiger partial charge in [0.15, 0.2) is 5.82 Å². The van der Waals surface area contributed by atoms with Crippen LogP contribution in [0.25, 0.3) is 0 Å². The molecule has 1 saturated heterocycles. The van der Waals surface area contributed by atoms with Crippen LogP contribution in [0.5, 0.6) is 0 Å². The van der Waals surface area contributed by atoms with Crippen molar-refractivity contribution in [3.63, 3.8) is 0 Å². The molecule has 2 aliphatic rings. The Morgan fingerprint density at radius 2 is 1.71 bits per heavy atom.